The van der Waals surface area contributed by atoms with Crippen molar-refractivity contribution in [2.75, 3.05) is 32.9 Å². The van der Waals surface area contributed by atoms with Crippen LogP contribution >= 0.6 is 0 Å². The van der Waals surface area contributed by atoms with Gasteiger partial charge in [-0.05, 0) is 26.2 Å². The fourth-order valence-electron chi connectivity index (χ4n) is 3.90. The van der Waals surface area contributed by atoms with Gasteiger partial charge in [0, 0.05) is 43.0 Å². The molecule has 0 unspecified atom stereocenters. The van der Waals surface area contributed by atoms with E-state index in [0.29, 0.717) is 24.8 Å². The molecular formula is C16H21N5O3S. The minimum atomic E-state index is -3.04. The summed E-state index contributed by atoms with van der Waals surface area (Å²) in [7, 11) is 0.856. The highest BCUT2D eigenvalue weighted by Gasteiger charge is 2.52. The molecule has 0 N–H and O–H groups in total. The van der Waals surface area contributed by atoms with Gasteiger partial charge in [0.25, 0.3) is 0 Å². The molecule has 8 nitrogen and oxygen atoms in total. The van der Waals surface area contributed by atoms with Gasteiger partial charge in [-0.25, -0.2) is 8.42 Å². The summed E-state index contributed by atoms with van der Waals surface area (Å²) in [4.78, 5) is 12.6. The fraction of sp³-hybridized carbons (Fsp3) is 0.562. The third-order valence-corrected chi connectivity index (χ3v) is 7.38. The Morgan fingerprint density at radius 2 is 2.20 bits per heavy atom. The Bertz CT molecular complexity index is 852. The van der Waals surface area contributed by atoms with Crippen LogP contribution in [0.2, 0.25) is 0 Å². The van der Waals surface area contributed by atoms with Crippen LogP contribution in [-0.4, -0.2) is 77.6 Å². The van der Waals surface area contributed by atoms with E-state index in [1.54, 1.807) is 12.4 Å². The number of sulfone groups is 1. The van der Waals surface area contributed by atoms with E-state index in [4.69, 9.17) is 4.52 Å². The molecule has 0 aliphatic carbocycles. The summed E-state index contributed by atoms with van der Waals surface area (Å²) in [6.45, 7) is 1.73. The van der Waals surface area contributed by atoms with E-state index in [2.05, 4.69) is 20.0 Å². The van der Waals surface area contributed by atoms with Gasteiger partial charge >= 0.3 is 0 Å². The monoisotopic (exact) mass is 363 g/mol. The third-order valence-electron chi connectivity index (χ3n) is 5.15. The molecule has 2 aliphatic heterocycles. The summed E-state index contributed by atoms with van der Waals surface area (Å²) in [6, 6.07) is 3.77. The van der Waals surface area contributed by atoms with Gasteiger partial charge in [0.15, 0.2) is 9.84 Å². The van der Waals surface area contributed by atoms with Crippen LogP contribution in [0.4, 0.5) is 0 Å². The second-order valence-electron chi connectivity index (χ2n) is 7.01. The van der Waals surface area contributed by atoms with Gasteiger partial charge in [-0.2, -0.15) is 4.98 Å². The van der Waals surface area contributed by atoms with E-state index in [1.165, 1.54) is 0 Å². The molecule has 134 valence electrons. The number of hydrogen-bond acceptors (Lipinski definition) is 8. The average Bonchev–Trinajstić information content (AvgIpc) is 3.26. The SMILES string of the molecule is CN(C)[C@@H]1CS(=O)(=O)[C@H]2CN(Cc3nc(-c4cccnc4)no3)C[C@@H]12. The van der Waals surface area contributed by atoms with E-state index in [1.807, 2.05) is 31.1 Å². The van der Waals surface area contributed by atoms with Gasteiger partial charge in [-0.3, -0.25) is 9.88 Å². The number of likely N-dealkylation sites (tertiary alicyclic amines) is 1. The first kappa shape index (κ1) is 16.6. The minimum Gasteiger partial charge on any atom is -0.338 e. The third kappa shape index (κ3) is 3.07. The standard InChI is InChI=1S/C16H21N5O3S/c1-20(2)13-10-25(22,23)14-8-21(7-12(13)14)9-15-18-16(19-24-15)11-4-3-5-17-6-11/h3-6,12-14H,7-10H2,1-2H3/t12-,13+,14-/m0/s1. The largest absolute Gasteiger partial charge is 0.338 e. The Kier molecular flexibility index (Phi) is 4.09. The molecule has 2 fully saturated rings. The maximum atomic E-state index is 12.4. The lowest BCUT2D eigenvalue weighted by atomic mass is 10.00. The van der Waals surface area contributed by atoms with Crippen LogP contribution in [0.5, 0.6) is 0 Å². The summed E-state index contributed by atoms with van der Waals surface area (Å²) in [5.41, 5.74) is 0.797. The van der Waals surface area contributed by atoms with E-state index >= 15 is 0 Å². The van der Waals surface area contributed by atoms with Crippen molar-refractivity contribution in [3.8, 4) is 11.4 Å². The summed E-state index contributed by atoms with van der Waals surface area (Å²) in [5, 5.41) is 3.70. The second-order valence-corrected chi connectivity index (χ2v) is 9.27. The topological polar surface area (TPSA) is 92.4 Å². The maximum absolute atomic E-state index is 12.4. The number of hydrogen-bond donors (Lipinski definition) is 0. The number of rotatable bonds is 4. The van der Waals surface area contributed by atoms with Gasteiger partial charge in [0.1, 0.15) is 0 Å². The number of aromatic nitrogens is 3. The van der Waals surface area contributed by atoms with Gasteiger partial charge in [-0.1, -0.05) is 5.16 Å². The van der Waals surface area contributed by atoms with Crippen molar-refractivity contribution in [1.29, 1.82) is 0 Å². The van der Waals surface area contributed by atoms with Gasteiger partial charge < -0.3 is 9.42 Å². The van der Waals surface area contributed by atoms with Crippen molar-refractivity contribution in [3.63, 3.8) is 0 Å². The van der Waals surface area contributed by atoms with Crippen LogP contribution in [-0.2, 0) is 16.4 Å². The Morgan fingerprint density at radius 3 is 2.92 bits per heavy atom. The zero-order chi connectivity index (χ0) is 17.6. The van der Waals surface area contributed by atoms with Crippen LogP contribution in [0, 0.1) is 5.92 Å². The molecule has 4 heterocycles. The smallest absolute Gasteiger partial charge is 0.241 e. The molecular weight excluding hydrogens is 342 g/mol. The zero-order valence-electron chi connectivity index (χ0n) is 14.2. The number of fused-ring (bicyclic) bond motifs is 1. The van der Waals surface area contributed by atoms with Crippen molar-refractivity contribution in [1.82, 2.24) is 24.9 Å². The molecule has 2 aromatic heterocycles. The number of nitrogens with zero attached hydrogens (tertiary/aromatic N) is 5. The Morgan fingerprint density at radius 1 is 1.36 bits per heavy atom. The van der Waals surface area contributed by atoms with E-state index < -0.39 is 9.84 Å². The Labute approximate surface area is 146 Å². The lowest BCUT2D eigenvalue weighted by Gasteiger charge is -2.24. The Hall–Kier alpha value is -1.84. The maximum Gasteiger partial charge on any atom is 0.241 e. The first-order chi connectivity index (χ1) is 11.9. The highest BCUT2D eigenvalue weighted by molar-refractivity contribution is 7.92. The van der Waals surface area contributed by atoms with E-state index in [0.717, 1.165) is 12.1 Å². The van der Waals surface area contributed by atoms with E-state index in [9.17, 15) is 8.42 Å². The molecule has 0 aromatic carbocycles. The van der Waals surface area contributed by atoms with Gasteiger partial charge in [-0.15, -0.1) is 0 Å². The van der Waals surface area contributed by atoms with Crippen LogP contribution < -0.4 is 0 Å². The van der Waals surface area contributed by atoms with Crippen LogP contribution in [0.15, 0.2) is 29.0 Å². The molecule has 4 rings (SSSR count). The van der Waals surface area contributed by atoms with Crippen molar-refractivity contribution in [3.05, 3.63) is 30.4 Å². The molecule has 2 aliphatic rings. The first-order valence-electron chi connectivity index (χ1n) is 8.27. The van der Waals surface area contributed by atoms with Crippen molar-refractivity contribution in [2.24, 2.45) is 5.92 Å². The summed E-state index contributed by atoms with van der Waals surface area (Å²) in [6.07, 6.45) is 3.37. The average molecular weight is 363 g/mol. The predicted molar refractivity (Wildman–Crippen MR) is 91.3 cm³/mol. The molecule has 2 saturated heterocycles. The van der Waals surface area contributed by atoms with Crippen LogP contribution in [0.25, 0.3) is 11.4 Å². The molecule has 0 bridgehead atoms. The predicted octanol–water partition coefficient (Wildman–Crippen LogP) is 0.291. The van der Waals surface area contributed by atoms with E-state index in [-0.39, 0.29) is 23.0 Å². The van der Waals surface area contributed by atoms with Crippen molar-refractivity contribution >= 4 is 9.84 Å². The summed E-state index contributed by atoms with van der Waals surface area (Å²) in [5.74, 6) is 1.40. The highest BCUT2D eigenvalue weighted by Crippen LogP contribution is 2.36. The normalized spacial score (nSPS) is 28.5. The lowest BCUT2D eigenvalue weighted by molar-refractivity contribution is 0.217. The van der Waals surface area contributed by atoms with Crippen LogP contribution in [0.1, 0.15) is 5.89 Å². The number of pyridine rings is 1. The van der Waals surface area contributed by atoms with Crippen molar-refractivity contribution in [2.45, 2.75) is 17.8 Å². The summed E-state index contributed by atoms with van der Waals surface area (Å²) < 4.78 is 30.2. The molecule has 3 atom stereocenters. The molecule has 0 radical (unpaired) electrons. The van der Waals surface area contributed by atoms with Crippen molar-refractivity contribution < 1.29 is 12.9 Å². The highest BCUT2D eigenvalue weighted by atomic mass is 32.2. The molecule has 0 amide bonds. The lowest BCUT2D eigenvalue weighted by Crippen LogP contribution is -2.37. The first-order valence-corrected chi connectivity index (χ1v) is 9.99. The van der Waals surface area contributed by atoms with Gasteiger partial charge in [0.05, 0.1) is 17.5 Å². The minimum absolute atomic E-state index is 0.0774. The molecule has 9 heteroatoms. The molecule has 2 aromatic rings. The molecule has 0 spiro atoms. The zero-order valence-corrected chi connectivity index (χ0v) is 15.1. The molecule has 25 heavy (non-hydrogen) atoms. The molecule has 0 saturated carbocycles. The fourth-order valence-corrected chi connectivity index (χ4v) is 6.41. The summed E-state index contributed by atoms with van der Waals surface area (Å²) >= 11 is 0. The quantitative estimate of drug-likeness (QED) is 0.765. The second kappa shape index (κ2) is 6.15. The Balaban J connectivity index is 1.48. The van der Waals surface area contributed by atoms with Crippen LogP contribution in [0.3, 0.4) is 0 Å². The van der Waals surface area contributed by atoms with Gasteiger partial charge in [0.2, 0.25) is 11.7 Å².